The Hall–Kier alpha value is -1.94. The number of unbranched alkanes of at least 4 members (excludes halogenated alkanes) is 51. The lowest BCUT2D eigenvalue weighted by Crippen LogP contribution is -2.30. The van der Waals surface area contributed by atoms with Crippen LogP contribution in [0.3, 0.4) is 0 Å². The van der Waals surface area contributed by atoms with E-state index in [0.717, 1.165) is 108 Å². The number of esters is 4. The van der Waals surface area contributed by atoms with Crippen LogP contribution < -0.4 is 0 Å². The predicted octanol–water partition coefficient (Wildman–Crippen LogP) is 26.5. The number of carbonyl (C=O) groups excluding carboxylic acids is 4. The van der Waals surface area contributed by atoms with E-state index >= 15 is 0 Å². The second kappa shape index (κ2) is 77.0. The minimum absolute atomic E-state index is 0.106. The lowest BCUT2D eigenvalue weighted by Gasteiger charge is -2.21. The summed E-state index contributed by atoms with van der Waals surface area (Å²) in [6.07, 6.45) is 68.0. The van der Waals surface area contributed by atoms with Gasteiger partial charge in [0.15, 0.2) is 12.2 Å². The first kappa shape index (κ1) is 104. The molecule has 19 heteroatoms. The lowest BCUT2D eigenvalue weighted by molar-refractivity contribution is -0.161. The van der Waals surface area contributed by atoms with Crippen molar-refractivity contribution in [1.82, 2.24) is 0 Å². The van der Waals surface area contributed by atoms with Crippen LogP contribution in [0.5, 0.6) is 0 Å². The summed E-state index contributed by atoms with van der Waals surface area (Å²) in [5, 5.41) is 10.7. The molecule has 0 bridgehead atoms. The Labute approximate surface area is 651 Å². The van der Waals surface area contributed by atoms with Crippen molar-refractivity contribution in [3.8, 4) is 0 Å². The maximum Gasteiger partial charge on any atom is 0.472 e. The highest BCUT2D eigenvalue weighted by atomic mass is 31.2. The maximum atomic E-state index is 13.2. The van der Waals surface area contributed by atoms with Crippen molar-refractivity contribution >= 4 is 39.5 Å². The van der Waals surface area contributed by atoms with E-state index in [9.17, 15) is 43.2 Å². The molecule has 0 aliphatic rings. The monoisotopic (exact) mass is 1550 g/mol. The Kier molecular flexibility index (Phi) is 75.6. The third-order valence-electron chi connectivity index (χ3n) is 21.1. The van der Waals surface area contributed by atoms with Gasteiger partial charge in [0.25, 0.3) is 0 Å². The summed E-state index contributed by atoms with van der Waals surface area (Å²) in [6, 6.07) is 0. The van der Waals surface area contributed by atoms with Gasteiger partial charge in [0.2, 0.25) is 0 Å². The first-order chi connectivity index (χ1) is 51.3. The molecule has 0 aliphatic heterocycles. The van der Waals surface area contributed by atoms with Gasteiger partial charge in [-0.15, -0.1) is 0 Å². The third kappa shape index (κ3) is 77.4. The molecule has 0 spiro atoms. The van der Waals surface area contributed by atoms with Gasteiger partial charge in [0, 0.05) is 25.7 Å². The molecule has 0 aromatic rings. The topological polar surface area (TPSA) is 237 Å². The summed E-state index contributed by atoms with van der Waals surface area (Å²) < 4.78 is 68.9. The van der Waals surface area contributed by atoms with E-state index in [-0.39, 0.29) is 25.7 Å². The SMILES string of the molecule is CCCCCCCCCCCCCCCCCCCCCCCCC(=O)O[C@H](COC(=O)CCCCCCCCCCCCCCCCC(C)CC)COP(=O)(O)OC[C@@H](O)COP(=O)(O)OC[C@@H](COC(=O)CCCCCCCCCCCC(C)C)OC(=O)CCCCCCCCCCCCC(C)CC. The molecule has 0 saturated heterocycles. The Morgan fingerprint density at radius 3 is 0.717 bits per heavy atom. The summed E-state index contributed by atoms with van der Waals surface area (Å²) in [5.41, 5.74) is 0. The van der Waals surface area contributed by atoms with Crippen LogP contribution in [-0.2, 0) is 65.4 Å². The molecule has 0 aromatic carbocycles. The van der Waals surface area contributed by atoms with Crippen LogP contribution in [0.15, 0.2) is 0 Å². The molecule has 17 nitrogen and oxygen atoms in total. The number of aliphatic hydroxyl groups excluding tert-OH is 1. The molecule has 0 fully saturated rings. The molecule has 630 valence electrons. The van der Waals surface area contributed by atoms with Crippen molar-refractivity contribution in [2.24, 2.45) is 17.8 Å². The van der Waals surface area contributed by atoms with Gasteiger partial charge in [0.1, 0.15) is 19.3 Å². The number of aliphatic hydroxyl groups is 1. The van der Waals surface area contributed by atoms with Crippen LogP contribution in [-0.4, -0.2) is 96.7 Å². The fourth-order valence-electron chi connectivity index (χ4n) is 13.5. The van der Waals surface area contributed by atoms with E-state index in [1.54, 1.807) is 0 Å². The largest absolute Gasteiger partial charge is 0.472 e. The van der Waals surface area contributed by atoms with Gasteiger partial charge in [0.05, 0.1) is 26.4 Å². The van der Waals surface area contributed by atoms with Crippen molar-refractivity contribution in [2.45, 2.75) is 478 Å². The van der Waals surface area contributed by atoms with Crippen LogP contribution in [0.25, 0.3) is 0 Å². The number of hydrogen-bond acceptors (Lipinski definition) is 15. The van der Waals surface area contributed by atoms with Gasteiger partial charge < -0.3 is 33.8 Å². The number of phosphoric acid groups is 2. The van der Waals surface area contributed by atoms with Gasteiger partial charge in [-0.25, -0.2) is 9.13 Å². The predicted molar refractivity (Wildman–Crippen MR) is 437 cm³/mol. The second-order valence-electron chi connectivity index (χ2n) is 32.2. The Balaban J connectivity index is 5.25. The summed E-state index contributed by atoms with van der Waals surface area (Å²) in [5.74, 6) is 0.292. The van der Waals surface area contributed by atoms with E-state index in [1.165, 1.54) is 270 Å². The molecule has 0 saturated carbocycles. The number of carbonyl (C=O) groups is 4. The van der Waals surface area contributed by atoms with Crippen LogP contribution in [0.2, 0.25) is 0 Å². The average Bonchev–Trinajstić information content (AvgIpc) is 0.904. The first-order valence-corrected chi connectivity index (χ1v) is 47.9. The molecule has 4 unspecified atom stereocenters. The van der Waals surface area contributed by atoms with E-state index in [4.69, 9.17) is 37.0 Å². The molecule has 106 heavy (non-hydrogen) atoms. The van der Waals surface area contributed by atoms with E-state index in [2.05, 4.69) is 48.5 Å². The molecule has 7 atom stereocenters. The lowest BCUT2D eigenvalue weighted by atomic mass is 9.99. The van der Waals surface area contributed by atoms with E-state index < -0.39 is 97.5 Å². The zero-order valence-corrected chi connectivity index (χ0v) is 71.7. The Morgan fingerprint density at radius 2 is 0.481 bits per heavy atom. The maximum absolute atomic E-state index is 13.2. The highest BCUT2D eigenvalue weighted by Gasteiger charge is 2.31. The van der Waals surface area contributed by atoms with Gasteiger partial charge in [-0.2, -0.15) is 0 Å². The van der Waals surface area contributed by atoms with Gasteiger partial charge >= 0.3 is 39.5 Å². The average molecular weight is 1550 g/mol. The fraction of sp³-hybridized carbons (Fsp3) is 0.954. The smallest absolute Gasteiger partial charge is 0.462 e. The standard InChI is InChI=1S/C87H170O17P2/c1-8-11-12-13-14-15-16-17-18-19-20-21-22-23-24-25-30-33-41-49-56-63-70-86(91)103-82(74-97-84(89)68-61-54-47-40-32-29-27-26-28-31-38-45-52-59-66-79(6)9-2)76-101-105(93,94)99-72-81(88)73-100-106(95,96)102-77-83(75-98-85(90)69-62-55-48-43-36-37-44-51-58-65-78(4)5)104-87(92)71-64-57-50-42-35-34-39-46-53-60-67-80(7)10-3/h78-83,88H,8-77H2,1-7H3,(H,93,94)(H,95,96)/t79?,80?,81-,82-,83-/m1/s1. The molecule has 3 N–H and O–H groups in total. The summed E-state index contributed by atoms with van der Waals surface area (Å²) in [7, 11) is -9.93. The van der Waals surface area contributed by atoms with E-state index in [0.29, 0.717) is 25.7 Å². The molecule has 0 amide bonds. The molecule has 0 rings (SSSR count). The van der Waals surface area contributed by atoms with Crippen LogP contribution in [0, 0.1) is 17.8 Å². The van der Waals surface area contributed by atoms with Crippen LogP contribution in [0.1, 0.15) is 459 Å². The summed E-state index contributed by atoms with van der Waals surface area (Å²) >= 11 is 0. The number of rotatable bonds is 85. The van der Waals surface area contributed by atoms with Gasteiger partial charge in [-0.1, -0.05) is 408 Å². The number of ether oxygens (including phenoxy) is 4. The van der Waals surface area contributed by atoms with Crippen molar-refractivity contribution in [2.75, 3.05) is 39.6 Å². The van der Waals surface area contributed by atoms with Crippen LogP contribution >= 0.6 is 15.6 Å². The quantitative estimate of drug-likeness (QED) is 0.0222. The fourth-order valence-corrected chi connectivity index (χ4v) is 15.1. The van der Waals surface area contributed by atoms with Crippen molar-refractivity contribution in [1.29, 1.82) is 0 Å². The zero-order valence-electron chi connectivity index (χ0n) is 69.9. The van der Waals surface area contributed by atoms with Gasteiger partial charge in [-0.05, 0) is 43.4 Å². The molecule has 0 aliphatic carbocycles. The molecular weight excluding hydrogens is 1380 g/mol. The zero-order chi connectivity index (χ0) is 77.9. The highest BCUT2D eigenvalue weighted by molar-refractivity contribution is 7.47. The van der Waals surface area contributed by atoms with Crippen molar-refractivity contribution in [3.63, 3.8) is 0 Å². The third-order valence-corrected chi connectivity index (χ3v) is 23.0. The van der Waals surface area contributed by atoms with E-state index in [1.807, 2.05) is 0 Å². The second-order valence-corrected chi connectivity index (χ2v) is 35.1. The number of hydrogen-bond donors (Lipinski definition) is 3. The number of phosphoric ester groups is 2. The highest BCUT2D eigenvalue weighted by Crippen LogP contribution is 2.45. The van der Waals surface area contributed by atoms with Gasteiger partial charge in [-0.3, -0.25) is 37.3 Å². The summed E-state index contributed by atoms with van der Waals surface area (Å²) in [6.45, 7) is 12.0. The van der Waals surface area contributed by atoms with Crippen LogP contribution in [0.4, 0.5) is 0 Å². The Morgan fingerprint density at radius 1 is 0.274 bits per heavy atom. The van der Waals surface area contributed by atoms with Crippen molar-refractivity contribution < 1.29 is 80.2 Å². The molecule has 0 heterocycles. The first-order valence-electron chi connectivity index (χ1n) is 44.9. The normalized spacial score (nSPS) is 14.4. The Bertz CT molecular complexity index is 2050. The van der Waals surface area contributed by atoms with Crippen molar-refractivity contribution in [3.05, 3.63) is 0 Å². The minimum Gasteiger partial charge on any atom is -0.462 e. The summed E-state index contributed by atoms with van der Waals surface area (Å²) in [4.78, 5) is 73.3. The molecular formula is C87H170O17P2. The molecule has 0 aromatic heterocycles. The molecule has 0 radical (unpaired) electrons. The minimum atomic E-state index is -4.97.